The lowest BCUT2D eigenvalue weighted by molar-refractivity contribution is -0.0971. The van der Waals surface area contributed by atoms with Crippen LogP contribution in [0.3, 0.4) is 0 Å². The van der Waals surface area contributed by atoms with E-state index in [-0.39, 0.29) is 11.3 Å². The first-order valence-corrected chi connectivity index (χ1v) is 7.32. The number of aromatic amines is 1. The van der Waals surface area contributed by atoms with Crippen molar-refractivity contribution in [2.75, 3.05) is 13.1 Å². The molecular weight excluding hydrogens is 254 g/mol. The van der Waals surface area contributed by atoms with Gasteiger partial charge in [0, 0.05) is 24.2 Å². The van der Waals surface area contributed by atoms with Crippen LogP contribution in [0.15, 0.2) is 6.20 Å². The van der Waals surface area contributed by atoms with Gasteiger partial charge in [0.05, 0.1) is 17.4 Å². The SMILES string of the molecule is CCCc1[nH]ncc1C(=O)N1CC[C@](C)(O)C(C)(C)C1. The van der Waals surface area contributed by atoms with E-state index in [0.29, 0.717) is 25.1 Å². The molecule has 20 heavy (non-hydrogen) atoms. The molecule has 1 aromatic heterocycles. The van der Waals surface area contributed by atoms with Gasteiger partial charge in [-0.1, -0.05) is 27.2 Å². The number of hydrogen-bond acceptors (Lipinski definition) is 3. The van der Waals surface area contributed by atoms with Crippen molar-refractivity contribution < 1.29 is 9.90 Å². The van der Waals surface area contributed by atoms with Crippen molar-refractivity contribution in [1.82, 2.24) is 15.1 Å². The Kier molecular flexibility index (Phi) is 3.91. The molecule has 2 rings (SSSR count). The Morgan fingerprint density at radius 3 is 2.80 bits per heavy atom. The van der Waals surface area contributed by atoms with Gasteiger partial charge in [0.15, 0.2) is 0 Å². The van der Waals surface area contributed by atoms with Gasteiger partial charge < -0.3 is 10.0 Å². The van der Waals surface area contributed by atoms with Crippen LogP contribution in [0.2, 0.25) is 0 Å². The summed E-state index contributed by atoms with van der Waals surface area (Å²) < 4.78 is 0. The van der Waals surface area contributed by atoms with E-state index in [0.717, 1.165) is 18.5 Å². The number of H-pyrrole nitrogens is 1. The summed E-state index contributed by atoms with van der Waals surface area (Å²) in [5.74, 6) is 0.0192. The van der Waals surface area contributed by atoms with E-state index in [2.05, 4.69) is 17.1 Å². The second-order valence-corrected chi connectivity index (χ2v) is 6.65. The number of nitrogens with one attached hydrogen (secondary N) is 1. The Bertz CT molecular complexity index is 491. The molecule has 1 amide bonds. The molecule has 1 atom stereocenters. The van der Waals surface area contributed by atoms with Gasteiger partial charge in [-0.25, -0.2) is 0 Å². The molecule has 0 aliphatic carbocycles. The smallest absolute Gasteiger partial charge is 0.257 e. The standard InChI is InChI=1S/C15H25N3O2/c1-5-6-12-11(9-16-17-12)13(19)18-8-7-15(4,20)14(2,3)10-18/h9,20H,5-8,10H2,1-4H3,(H,16,17)/t15-/m0/s1. The lowest BCUT2D eigenvalue weighted by atomic mass is 9.71. The number of likely N-dealkylation sites (tertiary alicyclic amines) is 1. The lowest BCUT2D eigenvalue weighted by Crippen LogP contribution is -2.57. The predicted octanol–water partition coefficient (Wildman–Crippen LogP) is 1.99. The number of carbonyl (C=O) groups is 1. The Balaban J connectivity index is 2.17. The minimum absolute atomic E-state index is 0.0192. The van der Waals surface area contributed by atoms with Crippen molar-refractivity contribution in [1.29, 1.82) is 0 Å². The highest BCUT2D eigenvalue weighted by Crippen LogP contribution is 2.38. The first kappa shape index (κ1) is 15.0. The molecule has 1 fully saturated rings. The van der Waals surface area contributed by atoms with Gasteiger partial charge >= 0.3 is 0 Å². The van der Waals surface area contributed by atoms with E-state index < -0.39 is 5.60 Å². The highest BCUT2D eigenvalue weighted by Gasteiger charge is 2.45. The summed E-state index contributed by atoms with van der Waals surface area (Å²) in [6.07, 6.45) is 4.03. The van der Waals surface area contributed by atoms with Crippen molar-refractivity contribution in [3.8, 4) is 0 Å². The number of aliphatic hydroxyl groups is 1. The fraction of sp³-hybridized carbons (Fsp3) is 0.733. The maximum Gasteiger partial charge on any atom is 0.257 e. The summed E-state index contributed by atoms with van der Waals surface area (Å²) in [6, 6.07) is 0. The van der Waals surface area contributed by atoms with E-state index >= 15 is 0 Å². The molecule has 1 aliphatic heterocycles. The average molecular weight is 279 g/mol. The summed E-state index contributed by atoms with van der Waals surface area (Å²) >= 11 is 0. The largest absolute Gasteiger partial charge is 0.389 e. The molecule has 112 valence electrons. The van der Waals surface area contributed by atoms with Crippen LogP contribution >= 0.6 is 0 Å². The zero-order valence-corrected chi connectivity index (χ0v) is 12.9. The molecule has 0 bridgehead atoms. The first-order chi connectivity index (χ1) is 9.28. The maximum absolute atomic E-state index is 12.6. The Labute approximate surface area is 120 Å². The molecule has 0 spiro atoms. The normalized spacial score (nSPS) is 25.8. The maximum atomic E-state index is 12.6. The van der Waals surface area contributed by atoms with Gasteiger partial charge in [-0.2, -0.15) is 5.10 Å². The molecule has 0 aromatic carbocycles. The highest BCUT2D eigenvalue weighted by molar-refractivity contribution is 5.95. The molecular formula is C15H25N3O2. The second kappa shape index (κ2) is 5.20. The van der Waals surface area contributed by atoms with Crippen molar-refractivity contribution in [2.24, 2.45) is 5.41 Å². The number of amides is 1. The zero-order chi connectivity index (χ0) is 15.0. The van der Waals surface area contributed by atoms with Crippen LogP contribution in [-0.4, -0.2) is 44.8 Å². The average Bonchev–Trinajstić information content (AvgIpc) is 2.80. The van der Waals surface area contributed by atoms with Gasteiger partial charge in [0.1, 0.15) is 0 Å². The minimum Gasteiger partial charge on any atom is -0.389 e. The summed E-state index contributed by atoms with van der Waals surface area (Å²) in [5, 5.41) is 17.3. The van der Waals surface area contributed by atoms with E-state index in [1.165, 1.54) is 0 Å². The summed E-state index contributed by atoms with van der Waals surface area (Å²) in [4.78, 5) is 14.5. The van der Waals surface area contributed by atoms with Crippen molar-refractivity contribution in [3.05, 3.63) is 17.5 Å². The number of aromatic nitrogens is 2. The molecule has 1 aliphatic rings. The molecule has 0 saturated carbocycles. The molecule has 1 saturated heterocycles. The van der Waals surface area contributed by atoms with Crippen LogP contribution in [0, 0.1) is 5.41 Å². The first-order valence-electron chi connectivity index (χ1n) is 7.32. The predicted molar refractivity (Wildman–Crippen MR) is 77.5 cm³/mol. The summed E-state index contributed by atoms with van der Waals surface area (Å²) in [7, 11) is 0. The number of aryl methyl sites for hydroxylation is 1. The van der Waals surface area contributed by atoms with E-state index in [1.54, 1.807) is 6.20 Å². The molecule has 2 heterocycles. The van der Waals surface area contributed by atoms with Crippen LogP contribution in [0.25, 0.3) is 0 Å². The zero-order valence-electron chi connectivity index (χ0n) is 12.9. The minimum atomic E-state index is -0.730. The number of carbonyl (C=O) groups excluding carboxylic acids is 1. The van der Waals surface area contributed by atoms with Gasteiger partial charge in [0.25, 0.3) is 5.91 Å². The third kappa shape index (κ3) is 2.59. The Morgan fingerprint density at radius 1 is 1.50 bits per heavy atom. The third-order valence-corrected chi connectivity index (χ3v) is 4.65. The van der Waals surface area contributed by atoms with Crippen LogP contribution in [-0.2, 0) is 6.42 Å². The van der Waals surface area contributed by atoms with Crippen LogP contribution < -0.4 is 0 Å². The summed E-state index contributed by atoms with van der Waals surface area (Å²) in [5.41, 5.74) is 0.541. The van der Waals surface area contributed by atoms with Crippen LogP contribution in [0.5, 0.6) is 0 Å². The molecule has 1 aromatic rings. The van der Waals surface area contributed by atoms with Gasteiger partial charge in [-0.05, 0) is 19.8 Å². The van der Waals surface area contributed by atoms with Gasteiger partial charge in [-0.3, -0.25) is 9.89 Å². The van der Waals surface area contributed by atoms with Crippen molar-refractivity contribution in [3.63, 3.8) is 0 Å². The Hall–Kier alpha value is -1.36. The molecule has 5 nitrogen and oxygen atoms in total. The number of piperidine rings is 1. The monoisotopic (exact) mass is 279 g/mol. The number of nitrogens with zero attached hydrogens (tertiary/aromatic N) is 2. The van der Waals surface area contributed by atoms with Gasteiger partial charge in [0.2, 0.25) is 0 Å². The molecule has 2 N–H and O–H groups in total. The van der Waals surface area contributed by atoms with Crippen LogP contribution in [0.1, 0.15) is 56.6 Å². The van der Waals surface area contributed by atoms with E-state index in [9.17, 15) is 9.90 Å². The third-order valence-electron chi connectivity index (χ3n) is 4.65. The lowest BCUT2D eigenvalue weighted by Gasteiger charge is -2.48. The van der Waals surface area contributed by atoms with Crippen molar-refractivity contribution >= 4 is 5.91 Å². The Morgan fingerprint density at radius 2 is 2.20 bits per heavy atom. The number of hydrogen-bond donors (Lipinski definition) is 2. The topological polar surface area (TPSA) is 69.2 Å². The van der Waals surface area contributed by atoms with Gasteiger partial charge in [-0.15, -0.1) is 0 Å². The quantitative estimate of drug-likeness (QED) is 0.889. The number of rotatable bonds is 3. The molecule has 5 heteroatoms. The fourth-order valence-electron chi connectivity index (χ4n) is 2.70. The van der Waals surface area contributed by atoms with Crippen LogP contribution in [0.4, 0.5) is 0 Å². The van der Waals surface area contributed by atoms with E-state index in [1.807, 2.05) is 25.7 Å². The second-order valence-electron chi connectivity index (χ2n) is 6.65. The summed E-state index contributed by atoms with van der Waals surface area (Å²) in [6.45, 7) is 9.11. The molecule has 0 radical (unpaired) electrons. The van der Waals surface area contributed by atoms with E-state index in [4.69, 9.17) is 0 Å². The highest BCUT2D eigenvalue weighted by atomic mass is 16.3. The fourth-order valence-corrected chi connectivity index (χ4v) is 2.70. The molecule has 0 unspecified atom stereocenters. The van der Waals surface area contributed by atoms with Crippen molar-refractivity contribution in [2.45, 2.75) is 52.6 Å².